The third kappa shape index (κ3) is 3.63. The molecule has 2 atom stereocenters. The van der Waals surface area contributed by atoms with Gasteiger partial charge in [0.15, 0.2) is 0 Å². The first kappa shape index (κ1) is 18.2. The molecule has 144 valence electrons. The van der Waals surface area contributed by atoms with Gasteiger partial charge in [0.2, 0.25) is 5.82 Å². The fourth-order valence-corrected chi connectivity index (χ4v) is 4.46. The van der Waals surface area contributed by atoms with Gasteiger partial charge >= 0.3 is 0 Å². The van der Waals surface area contributed by atoms with Gasteiger partial charge in [-0.25, -0.2) is 0 Å². The number of likely N-dealkylation sites (tertiary alicyclic amines) is 1. The predicted octanol–water partition coefficient (Wildman–Crippen LogP) is 2.34. The molecule has 1 amide bonds. The number of hydrogen-bond donors (Lipinski definition) is 1. The van der Waals surface area contributed by atoms with E-state index >= 15 is 0 Å². The van der Waals surface area contributed by atoms with Crippen molar-refractivity contribution in [3.8, 4) is 0 Å². The number of rotatable bonds is 4. The smallest absolute Gasteiger partial charge is 0.289 e. The Hall–Kier alpha value is -2.21. The normalized spacial score (nSPS) is 22.0. The van der Waals surface area contributed by atoms with E-state index in [-0.39, 0.29) is 11.9 Å². The summed E-state index contributed by atoms with van der Waals surface area (Å²) in [5, 5.41) is 11.4. The van der Waals surface area contributed by atoms with Crippen molar-refractivity contribution in [1.82, 2.24) is 25.0 Å². The highest BCUT2D eigenvalue weighted by Crippen LogP contribution is 2.33. The van der Waals surface area contributed by atoms with Crippen LogP contribution in [0.1, 0.15) is 47.0 Å². The fourth-order valence-electron chi connectivity index (χ4n) is 4.46. The van der Waals surface area contributed by atoms with Crippen molar-refractivity contribution in [1.29, 1.82) is 0 Å². The maximum atomic E-state index is 12.4. The van der Waals surface area contributed by atoms with Gasteiger partial charge in [-0.15, -0.1) is 10.2 Å². The molecule has 1 saturated heterocycles. The lowest BCUT2D eigenvalue weighted by Crippen LogP contribution is -2.35. The largest absolute Gasteiger partial charge is 0.347 e. The predicted molar refractivity (Wildman–Crippen MR) is 105 cm³/mol. The molecule has 4 rings (SSSR count). The van der Waals surface area contributed by atoms with Gasteiger partial charge in [-0.3, -0.25) is 9.69 Å². The highest BCUT2D eigenvalue weighted by atomic mass is 16.2. The molecule has 6 nitrogen and oxygen atoms in total. The van der Waals surface area contributed by atoms with E-state index in [9.17, 15) is 4.79 Å². The number of benzene rings is 1. The summed E-state index contributed by atoms with van der Waals surface area (Å²) in [5.74, 6) is 2.47. The molecule has 6 heteroatoms. The lowest BCUT2D eigenvalue weighted by atomic mass is 9.89. The quantitative estimate of drug-likeness (QED) is 0.901. The van der Waals surface area contributed by atoms with Crippen molar-refractivity contribution in [2.75, 3.05) is 13.1 Å². The zero-order chi connectivity index (χ0) is 19.1. The average molecular weight is 367 g/mol. The van der Waals surface area contributed by atoms with Crippen LogP contribution in [0, 0.1) is 25.7 Å². The molecule has 1 aromatic carbocycles. The van der Waals surface area contributed by atoms with E-state index < -0.39 is 0 Å². The molecule has 2 aromatic rings. The van der Waals surface area contributed by atoms with Crippen LogP contribution in [0.2, 0.25) is 0 Å². The van der Waals surface area contributed by atoms with E-state index in [4.69, 9.17) is 0 Å². The number of aromatic nitrogens is 3. The number of carbonyl (C=O) groups is 1. The summed E-state index contributed by atoms with van der Waals surface area (Å²) < 4.78 is 2.04. The Morgan fingerprint density at radius 1 is 1.19 bits per heavy atom. The fraction of sp³-hybridized carbons (Fsp3) is 0.571. The zero-order valence-corrected chi connectivity index (χ0v) is 16.7. The topological polar surface area (TPSA) is 63.1 Å². The molecule has 1 fully saturated rings. The number of amides is 1. The summed E-state index contributed by atoms with van der Waals surface area (Å²) in [6, 6.07) is 6.80. The monoisotopic (exact) mass is 367 g/mol. The van der Waals surface area contributed by atoms with Crippen LogP contribution in [0.4, 0.5) is 0 Å². The molecular formula is C21H29N5O. The van der Waals surface area contributed by atoms with Crippen molar-refractivity contribution in [2.24, 2.45) is 11.8 Å². The van der Waals surface area contributed by atoms with Gasteiger partial charge in [0.05, 0.1) is 0 Å². The molecule has 0 saturated carbocycles. The van der Waals surface area contributed by atoms with E-state index in [0.29, 0.717) is 17.7 Å². The van der Waals surface area contributed by atoms with Crippen LogP contribution >= 0.6 is 0 Å². The second-order valence-electron chi connectivity index (χ2n) is 8.53. The minimum Gasteiger partial charge on any atom is -0.347 e. The number of hydrogen-bond acceptors (Lipinski definition) is 4. The number of aryl methyl sites for hydroxylation is 2. The first-order chi connectivity index (χ1) is 12.9. The van der Waals surface area contributed by atoms with Gasteiger partial charge < -0.3 is 9.88 Å². The van der Waals surface area contributed by atoms with Crippen LogP contribution in [0.3, 0.4) is 0 Å². The van der Waals surface area contributed by atoms with Crippen LogP contribution < -0.4 is 5.32 Å². The van der Waals surface area contributed by atoms with Gasteiger partial charge in [-0.05, 0) is 50.7 Å². The van der Waals surface area contributed by atoms with Gasteiger partial charge in [0, 0.05) is 38.6 Å². The van der Waals surface area contributed by atoms with Crippen molar-refractivity contribution >= 4 is 5.91 Å². The number of fused-ring (bicyclic) bond motifs is 2. The van der Waals surface area contributed by atoms with Crippen molar-refractivity contribution in [3.63, 3.8) is 0 Å². The summed E-state index contributed by atoms with van der Waals surface area (Å²) >= 11 is 0. The highest BCUT2D eigenvalue weighted by Gasteiger charge is 2.39. The molecule has 27 heavy (non-hydrogen) atoms. The number of nitrogens with one attached hydrogen (secondary N) is 1. The van der Waals surface area contributed by atoms with Crippen LogP contribution in [-0.2, 0) is 19.5 Å². The highest BCUT2D eigenvalue weighted by molar-refractivity contribution is 5.90. The second-order valence-corrected chi connectivity index (χ2v) is 8.53. The summed E-state index contributed by atoms with van der Waals surface area (Å²) in [7, 11) is 0. The summed E-state index contributed by atoms with van der Waals surface area (Å²) in [4.78, 5) is 15.0. The SMILES string of the molecule is Cc1ccc(C)c(CN2CC3Cc4nnc(C(=O)NC(C)C)n4CC3C2)c1. The summed E-state index contributed by atoms with van der Waals surface area (Å²) in [6.45, 7) is 12.3. The first-order valence-electron chi connectivity index (χ1n) is 9.92. The third-order valence-corrected chi connectivity index (χ3v) is 5.86. The van der Waals surface area contributed by atoms with E-state index in [1.807, 2.05) is 18.4 Å². The molecule has 2 aliphatic rings. The Morgan fingerprint density at radius 3 is 2.74 bits per heavy atom. The second kappa shape index (κ2) is 7.08. The van der Waals surface area contributed by atoms with E-state index in [2.05, 4.69) is 52.5 Å². The molecule has 0 spiro atoms. The number of nitrogens with zero attached hydrogens (tertiary/aromatic N) is 4. The van der Waals surface area contributed by atoms with E-state index in [1.54, 1.807) is 0 Å². The van der Waals surface area contributed by atoms with Crippen LogP contribution in [0.25, 0.3) is 0 Å². The number of carbonyl (C=O) groups excluding carboxylic acids is 1. The minimum absolute atomic E-state index is 0.0985. The molecule has 1 aromatic heterocycles. The third-order valence-electron chi connectivity index (χ3n) is 5.86. The molecule has 0 aliphatic carbocycles. The molecule has 1 N–H and O–H groups in total. The standard InChI is InChI=1S/C21H29N5O/c1-13(2)22-21(27)20-24-23-19-8-17-10-25(11-18(17)12-26(19)20)9-16-7-14(3)5-6-15(16)4/h5-7,13,17-18H,8-12H2,1-4H3,(H,22,27). The van der Waals surface area contributed by atoms with Gasteiger partial charge in [0.1, 0.15) is 5.82 Å². The van der Waals surface area contributed by atoms with Gasteiger partial charge in [-0.1, -0.05) is 23.8 Å². The molecule has 3 heterocycles. The van der Waals surface area contributed by atoms with Crippen molar-refractivity contribution in [3.05, 3.63) is 46.5 Å². The molecule has 2 unspecified atom stereocenters. The maximum absolute atomic E-state index is 12.4. The average Bonchev–Trinajstić information content (AvgIpc) is 3.18. The van der Waals surface area contributed by atoms with Gasteiger partial charge in [-0.2, -0.15) is 0 Å². The Balaban J connectivity index is 1.46. The Kier molecular flexibility index (Phi) is 4.76. The Labute approximate surface area is 161 Å². The lowest BCUT2D eigenvalue weighted by Gasteiger charge is -2.25. The summed E-state index contributed by atoms with van der Waals surface area (Å²) in [6.07, 6.45) is 0.913. The van der Waals surface area contributed by atoms with Gasteiger partial charge in [0.25, 0.3) is 5.91 Å². The zero-order valence-electron chi connectivity index (χ0n) is 16.7. The molecule has 0 radical (unpaired) electrons. The van der Waals surface area contributed by atoms with E-state index in [0.717, 1.165) is 38.4 Å². The Morgan fingerprint density at radius 2 is 1.96 bits per heavy atom. The first-order valence-corrected chi connectivity index (χ1v) is 9.92. The lowest BCUT2D eigenvalue weighted by molar-refractivity contribution is 0.0924. The maximum Gasteiger partial charge on any atom is 0.289 e. The summed E-state index contributed by atoms with van der Waals surface area (Å²) in [5.41, 5.74) is 4.10. The molecule has 2 aliphatic heterocycles. The Bertz CT molecular complexity index is 856. The van der Waals surface area contributed by atoms with Crippen LogP contribution in [0.15, 0.2) is 18.2 Å². The van der Waals surface area contributed by atoms with Crippen LogP contribution in [0.5, 0.6) is 0 Å². The van der Waals surface area contributed by atoms with Crippen molar-refractivity contribution in [2.45, 2.75) is 53.2 Å². The molecule has 0 bridgehead atoms. The minimum atomic E-state index is -0.118. The van der Waals surface area contributed by atoms with Crippen molar-refractivity contribution < 1.29 is 4.79 Å². The van der Waals surface area contributed by atoms with Crippen LogP contribution in [-0.4, -0.2) is 44.7 Å². The van der Waals surface area contributed by atoms with E-state index in [1.165, 1.54) is 16.7 Å². The molecular weight excluding hydrogens is 338 g/mol.